The Morgan fingerprint density at radius 3 is 2.15 bits per heavy atom. The summed E-state index contributed by atoms with van der Waals surface area (Å²) in [5.74, 6) is 0. The largest absolute Gasteiger partial charge is 0.377 e. The van der Waals surface area contributed by atoms with E-state index in [1.165, 1.54) is 12.8 Å². The molecule has 0 radical (unpaired) electrons. The first-order valence-electron chi connectivity index (χ1n) is 5.59. The van der Waals surface area contributed by atoms with E-state index in [1.807, 2.05) is 0 Å². The Kier molecular flexibility index (Phi) is 8.46. The van der Waals surface area contributed by atoms with E-state index in [0.29, 0.717) is 12.1 Å². The summed E-state index contributed by atoms with van der Waals surface area (Å²) in [5, 5.41) is 3.47. The number of ether oxygens (including phenoxy) is 1. The second-order valence-corrected chi connectivity index (χ2v) is 3.56. The van der Waals surface area contributed by atoms with Crippen molar-refractivity contribution in [3.63, 3.8) is 0 Å². The fourth-order valence-electron chi connectivity index (χ4n) is 1.22. The first-order chi connectivity index (χ1) is 6.24. The maximum Gasteiger partial charge on any atom is 0.0594 e. The van der Waals surface area contributed by atoms with E-state index >= 15 is 0 Å². The molecule has 0 spiro atoms. The molecular formula is C11H25NO. The smallest absolute Gasteiger partial charge is 0.0594 e. The van der Waals surface area contributed by atoms with Crippen molar-refractivity contribution < 1.29 is 4.74 Å². The molecule has 0 rings (SSSR count). The van der Waals surface area contributed by atoms with Gasteiger partial charge in [-0.2, -0.15) is 0 Å². The average molecular weight is 187 g/mol. The summed E-state index contributed by atoms with van der Waals surface area (Å²) < 4.78 is 5.57. The number of hydrogen-bond acceptors (Lipinski definition) is 2. The van der Waals surface area contributed by atoms with Gasteiger partial charge in [0.15, 0.2) is 0 Å². The van der Waals surface area contributed by atoms with Gasteiger partial charge < -0.3 is 10.1 Å². The third-order valence-electron chi connectivity index (χ3n) is 2.50. The highest BCUT2D eigenvalue weighted by atomic mass is 16.5. The average Bonchev–Trinajstić information content (AvgIpc) is 2.18. The van der Waals surface area contributed by atoms with Crippen LogP contribution in [0.1, 0.15) is 47.0 Å². The van der Waals surface area contributed by atoms with Crippen LogP contribution in [0, 0.1) is 0 Å². The predicted molar refractivity (Wildman–Crippen MR) is 58.1 cm³/mol. The summed E-state index contributed by atoms with van der Waals surface area (Å²) in [5.41, 5.74) is 0. The lowest BCUT2D eigenvalue weighted by molar-refractivity contribution is 0.0642. The molecule has 0 aliphatic rings. The zero-order valence-electron chi connectivity index (χ0n) is 9.60. The minimum absolute atomic E-state index is 0.406. The minimum Gasteiger partial charge on any atom is -0.377 e. The standard InChI is InChI=1S/C11H25NO/c1-5-10(4)13-9-8-12-11(6-2)7-3/h10-12H,5-9H2,1-4H3. The highest BCUT2D eigenvalue weighted by Gasteiger charge is 2.02. The maximum atomic E-state index is 5.57. The highest BCUT2D eigenvalue weighted by molar-refractivity contribution is 4.61. The van der Waals surface area contributed by atoms with Crippen molar-refractivity contribution >= 4 is 0 Å². The molecule has 13 heavy (non-hydrogen) atoms. The van der Waals surface area contributed by atoms with Gasteiger partial charge in [0.05, 0.1) is 12.7 Å². The Bertz CT molecular complexity index is 102. The van der Waals surface area contributed by atoms with Crippen LogP contribution in [0.5, 0.6) is 0 Å². The quantitative estimate of drug-likeness (QED) is 0.590. The minimum atomic E-state index is 0.406. The van der Waals surface area contributed by atoms with Gasteiger partial charge in [-0.05, 0) is 26.2 Å². The van der Waals surface area contributed by atoms with Crippen molar-refractivity contribution in [3.8, 4) is 0 Å². The molecule has 0 aliphatic carbocycles. The van der Waals surface area contributed by atoms with Gasteiger partial charge >= 0.3 is 0 Å². The molecule has 0 aromatic rings. The third kappa shape index (κ3) is 7.03. The number of nitrogens with one attached hydrogen (secondary N) is 1. The van der Waals surface area contributed by atoms with Crippen LogP contribution >= 0.6 is 0 Å². The molecule has 1 atom stereocenters. The lowest BCUT2D eigenvalue weighted by Crippen LogP contribution is -2.31. The van der Waals surface area contributed by atoms with E-state index in [0.717, 1.165) is 19.6 Å². The Labute approximate surface area is 83.1 Å². The van der Waals surface area contributed by atoms with E-state index in [2.05, 4.69) is 33.0 Å². The van der Waals surface area contributed by atoms with Crippen LogP contribution in [0.25, 0.3) is 0 Å². The van der Waals surface area contributed by atoms with Crippen LogP contribution in [0.15, 0.2) is 0 Å². The zero-order chi connectivity index (χ0) is 10.1. The molecular weight excluding hydrogens is 162 g/mol. The lowest BCUT2D eigenvalue weighted by Gasteiger charge is -2.16. The predicted octanol–water partition coefficient (Wildman–Crippen LogP) is 2.58. The van der Waals surface area contributed by atoms with Crippen molar-refractivity contribution in [2.24, 2.45) is 0 Å². The van der Waals surface area contributed by atoms with E-state index in [-0.39, 0.29) is 0 Å². The molecule has 80 valence electrons. The van der Waals surface area contributed by atoms with E-state index < -0.39 is 0 Å². The second kappa shape index (κ2) is 8.52. The summed E-state index contributed by atoms with van der Waals surface area (Å²) in [6.07, 6.45) is 3.92. The molecule has 0 bridgehead atoms. The zero-order valence-corrected chi connectivity index (χ0v) is 9.60. The van der Waals surface area contributed by atoms with Crippen LogP contribution in [-0.2, 0) is 4.74 Å². The van der Waals surface area contributed by atoms with Gasteiger partial charge in [0.25, 0.3) is 0 Å². The molecule has 2 nitrogen and oxygen atoms in total. The topological polar surface area (TPSA) is 21.3 Å². The fraction of sp³-hybridized carbons (Fsp3) is 1.00. The third-order valence-corrected chi connectivity index (χ3v) is 2.50. The van der Waals surface area contributed by atoms with Gasteiger partial charge in [-0.1, -0.05) is 20.8 Å². The molecule has 1 unspecified atom stereocenters. The number of hydrogen-bond donors (Lipinski definition) is 1. The highest BCUT2D eigenvalue weighted by Crippen LogP contribution is 1.97. The van der Waals surface area contributed by atoms with Crippen molar-refractivity contribution in [1.29, 1.82) is 0 Å². The first kappa shape index (κ1) is 12.9. The van der Waals surface area contributed by atoms with Crippen LogP contribution in [0.3, 0.4) is 0 Å². The molecule has 0 aromatic carbocycles. The van der Waals surface area contributed by atoms with Crippen LogP contribution in [0.4, 0.5) is 0 Å². The van der Waals surface area contributed by atoms with Crippen LogP contribution in [0.2, 0.25) is 0 Å². The van der Waals surface area contributed by atoms with Crippen molar-refractivity contribution in [2.45, 2.75) is 59.1 Å². The summed E-state index contributed by atoms with van der Waals surface area (Å²) >= 11 is 0. The Balaban J connectivity index is 3.23. The SMILES string of the molecule is CCC(CC)NCCOC(C)CC. The van der Waals surface area contributed by atoms with Crippen molar-refractivity contribution in [1.82, 2.24) is 5.32 Å². The van der Waals surface area contributed by atoms with Gasteiger partial charge in [0.2, 0.25) is 0 Å². The van der Waals surface area contributed by atoms with E-state index in [1.54, 1.807) is 0 Å². The fourth-order valence-corrected chi connectivity index (χ4v) is 1.22. The summed E-state index contributed by atoms with van der Waals surface area (Å²) in [6, 6.07) is 0.667. The normalized spacial score (nSPS) is 13.6. The molecule has 0 fully saturated rings. The van der Waals surface area contributed by atoms with E-state index in [9.17, 15) is 0 Å². The molecule has 0 amide bonds. The Morgan fingerprint density at radius 1 is 1.08 bits per heavy atom. The van der Waals surface area contributed by atoms with Gasteiger partial charge in [-0.25, -0.2) is 0 Å². The summed E-state index contributed by atoms with van der Waals surface area (Å²) in [4.78, 5) is 0. The number of rotatable bonds is 8. The van der Waals surface area contributed by atoms with Crippen molar-refractivity contribution in [2.75, 3.05) is 13.2 Å². The molecule has 0 saturated carbocycles. The molecule has 0 aliphatic heterocycles. The van der Waals surface area contributed by atoms with Gasteiger partial charge in [0, 0.05) is 12.6 Å². The summed E-state index contributed by atoms with van der Waals surface area (Å²) in [6.45, 7) is 10.5. The summed E-state index contributed by atoms with van der Waals surface area (Å²) in [7, 11) is 0. The Morgan fingerprint density at radius 2 is 1.69 bits per heavy atom. The molecule has 0 saturated heterocycles. The van der Waals surface area contributed by atoms with Crippen LogP contribution in [-0.4, -0.2) is 25.3 Å². The molecule has 2 heteroatoms. The lowest BCUT2D eigenvalue weighted by atomic mass is 10.2. The first-order valence-corrected chi connectivity index (χ1v) is 5.59. The molecule has 1 N–H and O–H groups in total. The molecule has 0 aromatic heterocycles. The van der Waals surface area contributed by atoms with Crippen LogP contribution < -0.4 is 5.32 Å². The monoisotopic (exact) mass is 187 g/mol. The van der Waals surface area contributed by atoms with Gasteiger partial charge in [-0.15, -0.1) is 0 Å². The van der Waals surface area contributed by atoms with Gasteiger partial charge in [-0.3, -0.25) is 0 Å². The maximum absolute atomic E-state index is 5.57. The second-order valence-electron chi connectivity index (χ2n) is 3.56. The molecule has 0 heterocycles. The Hall–Kier alpha value is -0.0800. The van der Waals surface area contributed by atoms with Gasteiger partial charge in [0.1, 0.15) is 0 Å². The van der Waals surface area contributed by atoms with E-state index in [4.69, 9.17) is 4.74 Å². The van der Waals surface area contributed by atoms with Crippen molar-refractivity contribution in [3.05, 3.63) is 0 Å².